The van der Waals surface area contributed by atoms with Gasteiger partial charge in [0.25, 0.3) is 10.0 Å². The van der Waals surface area contributed by atoms with Crippen molar-refractivity contribution in [1.82, 2.24) is 14.3 Å². The third-order valence-electron chi connectivity index (χ3n) is 2.27. The van der Waals surface area contributed by atoms with Crippen molar-refractivity contribution in [3.8, 4) is 0 Å². The second-order valence-electron chi connectivity index (χ2n) is 4.39. The fraction of sp³-hybridized carbons (Fsp3) is 0.600. The monoisotopic (exact) mass is 290 g/mol. The first kappa shape index (κ1) is 15.1. The van der Waals surface area contributed by atoms with Crippen LogP contribution in [-0.2, 0) is 10.0 Å². The Hall–Kier alpha value is -0.990. The Balaban J connectivity index is 2.91. The van der Waals surface area contributed by atoms with Crippen LogP contribution >= 0.6 is 12.2 Å². The Morgan fingerprint density at radius 1 is 1.61 bits per heavy atom. The highest BCUT2D eigenvalue weighted by molar-refractivity contribution is 7.89. The van der Waals surface area contributed by atoms with E-state index >= 15 is 0 Å². The van der Waals surface area contributed by atoms with Crippen LogP contribution in [0.1, 0.15) is 20.3 Å². The molecular formula is C10H18N4O2S2. The van der Waals surface area contributed by atoms with E-state index in [2.05, 4.69) is 9.97 Å². The number of sulfonamides is 1. The maximum Gasteiger partial charge on any atom is 0.260 e. The van der Waals surface area contributed by atoms with Crippen molar-refractivity contribution >= 4 is 27.2 Å². The fourth-order valence-electron chi connectivity index (χ4n) is 1.48. The Labute approximate surface area is 113 Å². The molecule has 0 aliphatic carbocycles. The lowest BCUT2D eigenvalue weighted by molar-refractivity contribution is 0.373. The zero-order valence-electron chi connectivity index (χ0n) is 10.5. The van der Waals surface area contributed by atoms with Crippen molar-refractivity contribution in [1.29, 1.82) is 0 Å². The van der Waals surface area contributed by atoms with Crippen molar-refractivity contribution < 1.29 is 8.42 Å². The first-order chi connectivity index (χ1) is 8.34. The summed E-state index contributed by atoms with van der Waals surface area (Å²) in [5.41, 5.74) is 5.42. The van der Waals surface area contributed by atoms with Crippen LogP contribution in [0.2, 0.25) is 0 Å². The second kappa shape index (κ2) is 6.26. The Kier molecular flexibility index (Phi) is 5.24. The molecule has 0 unspecified atom stereocenters. The summed E-state index contributed by atoms with van der Waals surface area (Å²) in [6.07, 6.45) is 3.01. The van der Waals surface area contributed by atoms with E-state index in [0.29, 0.717) is 18.0 Å². The van der Waals surface area contributed by atoms with Crippen LogP contribution in [0.25, 0.3) is 0 Å². The lowest BCUT2D eigenvalue weighted by Gasteiger charge is -2.22. The highest BCUT2D eigenvalue weighted by atomic mass is 32.2. The molecule has 1 rings (SSSR count). The fourth-order valence-corrected chi connectivity index (χ4v) is 3.07. The largest absolute Gasteiger partial charge is 0.393 e. The maximum atomic E-state index is 12.3. The molecule has 18 heavy (non-hydrogen) atoms. The van der Waals surface area contributed by atoms with Crippen LogP contribution in [0.4, 0.5) is 0 Å². The zero-order valence-corrected chi connectivity index (χ0v) is 12.1. The van der Waals surface area contributed by atoms with Gasteiger partial charge in [0, 0.05) is 19.5 Å². The van der Waals surface area contributed by atoms with Crippen LogP contribution in [0.3, 0.4) is 0 Å². The number of nitrogens with two attached hydrogens (primary N) is 1. The zero-order chi connectivity index (χ0) is 13.8. The van der Waals surface area contributed by atoms with Crippen molar-refractivity contribution in [2.45, 2.75) is 25.3 Å². The summed E-state index contributed by atoms with van der Waals surface area (Å²) in [5.74, 6) is 0.217. The number of thiocarbonyl (C=S) groups is 1. The number of hydrogen-bond acceptors (Lipinski definition) is 4. The molecule has 1 aromatic heterocycles. The lowest BCUT2D eigenvalue weighted by atomic mass is 10.2. The molecule has 0 aliphatic rings. The summed E-state index contributed by atoms with van der Waals surface area (Å²) < 4.78 is 26.0. The average Bonchev–Trinajstić information content (AvgIpc) is 2.76. The van der Waals surface area contributed by atoms with Gasteiger partial charge in [-0.2, -0.15) is 4.31 Å². The molecule has 0 fully saturated rings. The summed E-state index contributed by atoms with van der Waals surface area (Å²) in [5, 5.41) is 0.0890. The quantitative estimate of drug-likeness (QED) is 0.722. The number of nitrogens with zero attached hydrogens (tertiary/aromatic N) is 2. The smallest absolute Gasteiger partial charge is 0.260 e. The van der Waals surface area contributed by atoms with Gasteiger partial charge in [-0.3, -0.25) is 0 Å². The van der Waals surface area contributed by atoms with E-state index in [1.54, 1.807) is 0 Å². The molecule has 1 aromatic rings. The predicted molar refractivity (Wildman–Crippen MR) is 73.6 cm³/mol. The third-order valence-corrected chi connectivity index (χ3v) is 4.26. The summed E-state index contributed by atoms with van der Waals surface area (Å²) in [6, 6.07) is 0. The number of aromatic nitrogens is 2. The highest BCUT2D eigenvalue weighted by Crippen LogP contribution is 2.14. The molecule has 0 bridgehead atoms. The molecule has 0 spiro atoms. The van der Waals surface area contributed by atoms with Crippen molar-refractivity contribution in [2.24, 2.45) is 11.7 Å². The van der Waals surface area contributed by atoms with Crippen LogP contribution in [0.5, 0.6) is 0 Å². The minimum Gasteiger partial charge on any atom is -0.393 e. The van der Waals surface area contributed by atoms with Crippen molar-refractivity contribution in [3.63, 3.8) is 0 Å². The summed E-state index contributed by atoms with van der Waals surface area (Å²) >= 11 is 4.79. The van der Waals surface area contributed by atoms with E-state index in [1.165, 1.54) is 16.8 Å². The molecule has 0 amide bonds. The standard InChI is InChI=1S/C10H18N4O2S2/c1-8(2)6-14(4-3-9(11)17)18(15,16)10-5-12-7-13-10/h5,7-8H,3-4,6H2,1-2H3,(H2,11,17)(H,12,13). The van der Waals surface area contributed by atoms with Gasteiger partial charge in [0.15, 0.2) is 5.03 Å². The Morgan fingerprint density at radius 3 is 2.72 bits per heavy atom. The van der Waals surface area contributed by atoms with E-state index in [1.807, 2.05) is 13.8 Å². The molecule has 0 saturated carbocycles. The number of H-pyrrole nitrogens is 1. The number of aromatic amines is 1. The van der Waals surface area contributed by atoms with Crippen LogP contribution in [-0.4, -0.2) is 40.8 Å². The molecule has 3 N–H and O–H groups in total. The van der Waals surface area contributed by atoms with Gasteiger partial charge in [-0.1, -0.05) is 26.1 Å². The molecule has 8 heteroatoms. The average molecular weight is 290 g/mol. The Morgan fingerprint density at radius 2 is 2.28 bits per heavy atom. The van der Waals surface area contributed by atoms with Gasteiger partial charge >= 0.3 is 0 Å². The number of rotatable bonds is 7. The molecule has 0 aliphatic heterocycles. The number of imidazole rings is 1. The minimum atomic E-state index is -3.55. The molecule has 102 valence electrons. The van der Waals surface area contributed by atoms with Gasteiger partial charge in [-0.15, -0.1) is 0 Å². The van der Waals surface area contributed by atoms with Crippen molar-refractivity contribution in [3.05, 3.63) is 12.5 Å². The van der Waals surface area contributed by atoms with Gasteiger partial charge in [-0.25, -0.2) is 13.4 Å². The van der Waals surface area contributed by atoms with E-state index in [0.717, 1.165) is 0 Å². The molecule has 0 aromatic carbocycles. The van der Waals surface area contributed by atoms with Gasteiger partial charge in [0.1, 0.15) is 0 Å². The van der Waals surface area contributed by atoms with Crippen molar-refractivity contribution in [2.75, 3.05) is 13.1 Å². The third kappa shape index (κ3) is 4.04. The van der Waals surface area contributed by atoms with Gasteiger partial charge in [0.05, 0.1) is 17.5 Å². The molecule has 0 atom stereocenters. The normalized spacial score (nSPS) is 12.2. The molecular weight excluding hydrogens is 272 g/mol. The minimum absolute atomic E-state index is 0.0890. The topological polar surface area (TPSA) is 92.1 Å². The molecule has 0 saturated heterocycles. The molecule has 0 radical (unpaired) electrons. The Bertz CT molecular complexity index is 482. The van der Waals surface area contributed by atoms with Gasteiger partial charge in [0.2, 0.25) is 0 Å². The number of nitrogens with one attached hydrogen (secondary N) is 1. The first-order valence-corrected chi connectivity index (χ1v) is 7.45. The van der Waals surface area contributed by atoms with E-state index < -0.39 is 10.0 Å². The molecule has 1 heterocycles. The second-order valence-corrected chi connectivity index (χ2v) is 6.82. The van der Waals surface area contributed by atoms with Crippen LogP contribution < -0.4 is 5.73 Å². The van der Waals surface area contributed by atoms with E-state index in [4.69, 9.17) is 18.0 Å². The summed E-state index contributed by atoms with van der Waals surface area (Å²) in [7, 11) is -3.55. The van der Waals surface area contributed by atoms with Gasteiger partial charge in [-0.05, 0) is 5.92 Å². The van der Waals surface area contributed by atoms with E-state index in [-0.39, 0.29) is 17.5 Å². The highest BCUT2D eigenvalue weighted by Gasteiger charge is 2.26. The first-order valence-electron chi connectivity index (χ1n) is 5.61. The van der Waals surface area contributed by atoms with Crippen LogP contribution in [0, 0.1) is 5.92 Å². The SMILES string of the molecule is CC(C)CN(CCC(N)=S)S(=O)(=O)c1cnc[nH]1. The van der Waals surface area contributed by atoms with E-state index in [9.17, 15) is 8.42 Å². The van der Waals surface area contributed by atoms with Crippen LogP contribution in [0.15, 0.2) is 17.6 Å². The number of hydrogen-bond donors (Lipinski definition) is 2. The summed E-state index contributed by atoms with van der Waals surface area (Å²) in [6.45, 7) is 4.62. The van der Waals surface area contributed by atoms with Gasteiger partial charge < -0.3 is 10.7 Å². The molecule has 6 nitrogen and oxygen atoms in total. The maximum absolute atomic E-state index is 12.3. The predicted octanol–water partition coefficient (Wildman–Crippen LogP) is 0.733. The summed E-state index contributed by atoms with van der Waals surface area (Å²) in [4.78, 5) is 6.66. The lowest BCUT2D eigenvalue weighted by Crippen LogP contribution is -2.36.